The van der Waals surface area contributed by atoms with Crippen molar-refractivity contribution >= 4 is 0 Å². The van der Waals surface area contributed by atoms with Crippen molar-refractivity contribution in [1.82, 2.24) is 0 Å². The summed E-state index contributed by atoms with van der Waals surface area (Å²) in [7, 11) is 0. The van der Waals surface area contributed by atoms with Gasteiger partial charge in [-0.15, -0.1) is 0 Å². The predicted molar refractivity (Wildman–Crippen MR) is 110 cm³/mol. The molecule has 0 aliphatic rings. The highest BCUT2D eigenvalue weighted by Gasteiger charge is 2.05. The molecule has 0 saturated carbocycles. The molecule has 0 aliphatic heterocycles. The Morgan fingerprint density at radius 3 is 1.96 bits per heavy atom. The normalized spacial score (nSPS) is 11.6. The average molecular weight is 378 g/mol. The van der Waals surface area contributed by atoms with E-state index < -0.39 is 0 Å². The van der Waals surface area contributed by atoms with Crippen molar-refractivity contribution in [1.29, 1.82) is 0 Å². The minimum Gasteiger partial charge on any atom is -0.491 e. The first-order valence-electron chi connectivity index (χ1n) is 9.56. The molecule has 0 fully saturated rings. The van der Waals surface area contributed by atoms with Gasteiger partial charge in [-0.3, -0.25) is 0 Å². The molecule has 3 aromatic rings. The number of ether oxygens (including phenoxy) is 4. The summed E-state index contributed by atoms with van der Waals surface area (Å²) in [4.78, 5) is 0. The minimum absolute atomic E-state index is 0.335. The molecule has 1 unspecified atom stereocenters. The fourth-order valence-electron chi connectivity index (χ4n) is 2.63. The van der Waals surface area contributed by atoms with Gasteiger partial charge in [0.25, 0.3) is 0 Å². The van der Waals surface area contributed by atoms with E-state index in [9.17, 15) is 0 Å². The summed E-state index contributed by atoms with van der Waals surface area (Å²) < 4.78 is 22.9. The molecule has 1 atom stereocenters. The van der Waals surface area contributed by atoms with Gasteiger partial charge in [-0.2, -0.15) is 0 Å². The van der Waals surface area contributed by atoms with E-state index in [-0.39, 0.29) is 6.29 Å². The Kier molecular flexibility index (Phi) is 7.33. The third-order valence-corrected chi connectivity index (χ3v) is 4.14. The van der Waals surface area contributed by atoms with E-state index in [1.807, 2.05) is 73.7 Å². The maximum atomic E-state index is 5.76. The van der Waals surface area contributed by atoms with Crippen LogP contribution in [-0.2, 0) is 11.2 Å². The Bertz CT molecular complexity index is 813. The third kappa shape index (κ3) is 6.32. The molecule has 0 heterocycles. The zero-order chi connectivity index (χ0) is 19.6. The Morgan fingerprint density at radius 2 is 1.29 bits per heavy atom. The molecular weight excluding hydrogens is 352 g/mol. The highest BCUT2D eigenvalue weighted by Crippen LogP contribution is 2.23. The summed E-state index contributed by atoms with van der Waals surface area (Å²) in [5.41, 5.74) is 1.29. The maximum absolute atomic E-state index is 5.76. The molecule has 0 saturated heterocycles. The first-order chi connectivity index (χ1) is 13.7. The van der Waals surface area contributed by atoms with E-state index in [0.29, 0.717) is 13.2 Å². The van der Waals surface area contributed by atoms with E-state index in [0.717, 1.165) is 29.4 Å². The van der Waals surface area contributed by atoms with E-state index in [2.05, 4.69) is 19.1 Å². The zero-order valence-electron chi connectivity index (χ0n) is 16.3. The summed E-state index contributed by atoms with van der Waals surface area (Å²) in [6, 6.07) is 25.3. The molecule has 0 amide bonds. The lowest BCUT2D eigenvalue weighted by atomic mass is 10.2. The van der Waals surface area contributed by atoms with Crippen LogP contribution >= 0.6 is 0 Å². The summed E-state index contributed by atoms with van der Waals surface area (Å²) in [6.45, 7) is 4.90. The molecule has 0 N–H and O–H groups in total. The number of benzene rings is 3. The van der Waals surface area contributed by atoms with Crippen LogP contribution in [0.5, 0.6) is 23.0 Å². The van der Waals surface area contributed by atoms with Crippen LogP contribution in [0.2, 0.25) is 0 Å². The Balaban J connectivity index is 1.36. The van der Waals surface area contributed by atoms with Crippen molar-refractivity contribution in [3.05, 3.63) is 84.4 Å². The van der Waals surface area contributed by atoms with Crippen molar-refractivity contribution in [3.8, 4) is 23.0 Å². The van der Waals surface area contributed by atoms with Gasteiger partial charge in [-0.05, 0) is 67.4 Å². The number of hydrogen-bond acceptors (Lipinski definition) is 4. The predicted octanol–water partition coefficient (Wildman–Crippen LogP) is 5.86. The van der Waals surface area contributed by atoms with Gasteiger partial charge < -0.3 is 18.9 Å². The Hall–Kier alpha value is -2.98. The summed E-state index contributed by atoms with van der Waals surface area (Å²) in [6.07, 6.45) is 0.681. The van der Waals surface area contributed by atoms with Gasteiger partial charge >= 0.3 is 0 Å². The van der Waals surface area contributed by atoms with Crippen LogP contribution in [0.15, 0.2) is 78.9 Å². The van der Waals surface area contributed by atoms with Crippen molar-refractivity contribution in [2.75, 3.05) is 13.2 Å². The smallest absolute Gasteiger partial charge is 0.197 e. The van der Waals surface area contributed by atoms with Crippen molar-refractivity contribution in [2.24, 2.45) is 0 Å². The first-order valence-corrected chi connectivity index (χ1v) is 9.56. The molecule has 0 aliphatic carbocycles. The van der Waals surface area contributed by atoms with Crippen LogP contribution in [-0.4, -0.2) is 19.5 Å². The lowest BCUT2D eigenvalue weighted by molar-refractivity contribution is -0.0739. The first kappa shape index (κ1) is 19.8. The molecule has 3 aromatic carbocycles. The Morgan fingerprint density at radius 1 is 0.679 bits per heavy atom. The summed E-state index contributed by atoms with van der Waals surface area (Å²) >= 11 is 0. The van der Waals surface area contributed by atoms with Gasteiger partial charge in [0.15, 0.2) is 6.29 Å². The van der Waals surface area contributed by atoms with Crippen LogP contribution in [0.1, 0.15) is 19.4 Å². The standard InChI is InChI=1S/C24H26O4/c1-3-20-9-11-23(12-10-20)27-19(2)25-17-18-26-21-13-15-24(16-14-21)28-22-7-5-4-6-8-22/h4-16,19H,3,17-18H2,1-2H3. The number of rotatable bonds is 10. The molecule has 4 heteroatoms. The van der Waals surface area contributed by atoms with Gasteiger partial charge in [0, 0.05) is 0 Å². The number of hydrogen-bond donors (Lipinski definition) is 0. The molecule has 0 aromatic heterocycles. The van der Waals surface area contributed by atoms with Gasteiger partial charge in [0.2, 0.25) is 0 Å². The second kappa shape index (κ2) is 10.4. The summed E-state index contributed by atoms with van der Waals surface area (Å²) in [5, 5.41) is 0. The molecule has 4 nitrogen and oxygen atoms in total. The minimum atomic E-state index is -0.335. The molecule has 0 bridgehead atoms. The quantitative estimate of drug-likeness (QED) is 0.327. The molecule has 0 radical (unpaired) electrons. The second-order valence-corrected chi connectivity index (χ2v) is 6.29. The van der Waals surface area contributed by atoms with Crippen LogP contribution in [0.3, 0.4) is 0 Å². The SMILES string of the molecule is CCc1ccc(OC(C)OCCOc2ccc(Oc3ccccc3)cc2)cc1. The number of para-hydroxylation sites is 1. The molecule has 146 valence electrons. The van der Waals surface area contributed by atoms with Gasteiger partial charge in [-0.1, -0.05) is 37.3 Å². The lowest BCUT2D eigenvalue weighted by Gasteiger charge is -2.16. The third-order valence-electron chi connectivity index (χ3n) is 4.14. The molecular formula is C24H26O4. The number of aryl methyl sites for hydroxylation is 1. The summed E-state index contributed by atoms with van der Waals surface area (Å²) in [5.74, 6) is 3.15. The van der Waals surface area contributed by atoms with Crippen LogP contribution in [0.25, 0.3) is 0 Å². The van der Waals surface area contributed by atoms with Crippen LogP contribution < -0.4 is 14.2 Å². The molecule has 28 heavy (non-hydrogen) atoms. The van der Waals surface area contributed by atoms with E-state index in [1.54, 1.807) is 0 Å². The monoisotopic (exact) mass is 378 g/mol. The van der Waals surface area contributed by atoms with Gasteiger partial charge in [0.05, 0.1) is 6.61 Å². The van der Waals surface area contributed by atoms with E-state index in [4.69, 9.17) is 18.9 Å². The van der Waals surface area contributed by atoms with Crippen molar-refractivity contribution < 1.29 is 18.9 Å². The fourth-order valence-corrected chi connectivity index (χ4v) is 2.63. The van der Waals surface area contributed by atoms with Crippen LogP contribution in [0.4, 0.5) is 0 Å². The maximum Gasteiger partial charge on any atom is 0.197 e. The second-order valence-electron chi connectivity index (χ2n) is 6.29. The van der Waals surface area contributed by atoms with Gasteiger partial charge in [-0.25, -0.2) is 0 Å². The van der Waals surface area contributed by atoms with Crippen molar-refractivity contribution in [2.45, 2.75) is 26.6 Å². The lowest BCUT2D eigenvalue weighted by Crippen LogP contribution is -2.19. The largest absolute Gasteiger partial charge is 0.491 e. The molecule has 3 rings (SSSR count). The highest BCUT2D eigenvalue weighted by molar-refractivity contribution is 5.35. The average Bonchev–Trinajstić information content (AvgIpc) is 2.74. The molecule has 0 spiro atoms. The van der Waals surface area contributed by atoms with E-state index in [1.165, 1.54) is 5.56 Å². The topological polar surface area (TPSA) is 36.9 Å². The zero-order valence-corrected chi connectivity index (χ0v) is 16.3. The van der Waals surface area contributed by atoms with Crippen LogP contribution in [0, 0.1) is 0 Å². The van der Waals surface area contributed by atoms with Gasteiger partial charge in [0.1, 0.15) is 29.6 Å². The Labute approximate surface area is 166 Å². The van der Waals surface area contributed by atoms with Crippen molar-refractivity contribution in [3.63, 3.8) is 0 Å². The highest BCUT2D eigenvalue weighted by atomic mass is 16.7. The van der Waals surface area contributed by atoms with E-state index >= 15 is 0 Å². The fraction of sp³-hybridized carbons (Fsp3) is 0.250.